The Morgan fingerprint density at radius 1 is 1.00 bits per heavy atom. The normalized spacial score (nSPS) is 12.3. The van der Waals surface area contributed by atoms with Crippen LogP contribution < -0.4 is 4.74 Å². The van der Waals surface area contributed by atoms with Crippen molar-refractivity contribution >= 4 is 26.9 Å². The van der Waals surface area contributed by atoms with Crippen LogP contribution in [0.2, 0.25) is 0 Å². The number of hydrogen-bond donors (Lipinski definition) is 1. The molecular formula is C26H19F6NO5S. The number of halogens is 6. The standard InChI is InChI=1S/C26H19F6NO5S/c27-19-9-17(10-20(13-19)38-25(28)29)15-7-8-22-16(3-1-6-24(34)35)14-33(23(22)11-15)39(36,37)21-5-2-4-18(12-21)26(30,31)32/h2,4-5,7-14,25H,1,3,6H2,(H,34,35). The predicted octanol–water partition coefficient (Wildman–Crippen LogP) is 6.71. The number of carboxylic acids is 1. The molecule has 0 spiro atoms. The predicted molar refractivity (Wildman–Crippen MR) is 129 cm³/mol. The van der Waals surface area contributed by atoms with Crippen LogP contribution in [0.3, 0.4) is 0 Å². The summed E-state index contributed by atoms with van der Waals surface area (Å²) >= 11 is 0. The largest absolute Gasteiger partial charge is 0.481 e. The maximum atomic E-state index is 14.1. The molecule has 39 heavy (non-hydrogen) atoms. The zero-order valence-electron chi connectivity index (χ0n) is 19.8. The number of carboxylic acid groups (broad SMARTS) is 1. The molecule has 0 fully saturated rings. The molecule has 0 radical (unpaired) electrons. The SMILES string of the molecule is O=C(O)CCCc1cn(S(=O)(=O)c2cccc(C(F)(F)F)c2)c2cc(-c3cc(F)cc(OC(F)F)c3)ccc12. The maximum Gasteiger partial charge on any atom is 0.416 e. The number of alkyl halides is 5. The maximum absolute atomic E-state index is 14.1. The number of carbonyl (C=O) groups is 1. The van der Waals surface area contributed by atoms with E-state index in [2.05, 4.69) is 4.74 Å². The minimum absolute atomic E-state index is 0.0100. The fourth-order valence-electron chi connectivity index (χ4n) is 4.12. The van der Waals surface area contributed by atoms with Gasteiger partial charge in [-0.3, -0.25) is 4.79 Å². The fourth-order valence-corrected chi connectivity index (χ4v) is 5.55. The minimum Gasteiger partial charge on any atom is -0.481 e. The van der Waals surface area contributed by atoms with Gasteiger partial charge in [0.05, 0.1) is 16.0 Å². The van der Waals surface area contributed by atoms with Crippen molar-refractivity contribution in [3.05, 3.63) is 83.8 Å². The van der Waals surface area contributed by atoms with Crippen molar-refractivity contribution < 1.29 is 49.4 Å². The third-order valence-corrected chi connectivity index (χ3v) is 7.51. The monoisotopic (exact) mass is 571 g/mol. The molecule has 4 aromatic rings. The van der Waals surface area contributed by atoms with Crippen LogP contribution in [0.25, 0.3) is 22.0 Å². The van der Waals surface area contributed by atoms with Gasteiger partial charge in [-0.15, -0.1) is 0 Å². The number of hydrogen-bond acceptors (Lipinski definition) is 4. The molecule has 1 heterocycles. The van der Waals surface area contributed by atoms with E-state index < -0.39 is 50.8 Å². The van der Waals surface area contributed by atoms with Crippen LogP contribution in [-0.4, -0.2) is 30.1 Å². The van der Waals surface area contributed by atoms with Crippen LogP contribution in [0.1, 0.15) is 24.0 Å². The molecule has 0 atom stereocenters. The van der Waals surface area contributed by atoms with Crippen LogP contribution in [0.15, 0.2) is 71.8 Å². The van der Waals surface area contributed by atoms with E-state index in [0.29, 0.717) is 17.0 Å². The van der Waals surface area contributed by atoms with Gasteiger partial charge in [0.1, 0.15) is 11.6 Å². The first-order valence-corrected chi connectivity index (χ1v) is 12.7. The van der Waals surface area contributed by atoms with Crippen LogP contribution in [0.4, 0.5) is 26.3 Å². The third-order valence-electron chi connectivity index (χ3n) is 5.84. The molecule has 4 rings (SSSR count). The number of aromatic nitrogens is 1. The van der Waals surface area contributed by atoms with Gasteiger partial charge in [0, 0.05) is 24.1 Å². The second-order valence-electron chi connectivity index (χ2n) is 8.51. The van der Waals surface area contributed by atoms with Crippen LogP contribution >= 0.6 is 0 Å². The van der Waals surface area contributed by atoms with E-state index in [0.717, 1.165) is 40.4 Å². The summed E-state index contributed by atoms with van der Waals surface area (Å²) in [5.41, 5.74) is -0.472. The molecule has 13 heteroatoms. The molecule has 1 aromatic heterocycles. The highest BCUT2D eigenvalue weighted by Crippen LogP contribution is 2.35. The van der Waals surface area contributed by atoms with Gasteiger partial charge in [0.2, 0.25) is 0 Å². The molecule has 0 aliphatic heterocycles. The molecule has 0 amide bonds. The first-order valence-electron chi connectivity index (χ1n) is 11.3. The van der Waals surface area contributed by atoms with Gasteiger partial charge >= 0.3 is 18.8 Å². The van der Waals surface area contributed by atoms with Crippen molar-refractivity contribution in [3.8, 4) is 16.9 Å². The Morgan fingerprint density at radius 3 is 2.41 bits per heavy atom. The van der Waals surface area contributed by atoms with Gasteiger partial charge in [-0.1, -0.05) is 18.2 Å². The van der Waals surface area contributed by atoms with Crippen LogP contribution in [-0.2, 0) is 27.4 Å². The number of ether oxygens (including phenoxy) is 1. The first kappa shape index (κ1) is 28.0. The number of benzene rings is 3. The van der Waals surface area contributed by atoms with Gasteiger partial charge in [-0.25, -0.2) is 16.8 Å². The summed E-state index contributed by atoms with van der Waals surface area (Å²) in [6.07, 6.45) is -3.52. The lowest BCUT2D eigenvalue weighted by atomic mass is 10.0. The van der Waals surface area contributed by atoms with Crippen molar-refractivity contribution in [2.45, 2.75) is 36.9 Å². The lowest BCUT2D eigenvalue weighted by Gasteiger charge is -2.12. The smallest absolute Gasteiger partial charge is 0.416 e. The quantitative estimate of drug-likeness (QED) is 0.226. The molecular weight excluding hydrogens is 552 g/mol. The third kappa shape index (κ3) is 6.19. The molecule has 1 N–H and O–H groups in total. The molecule has 0 saturated heterocycles. The Kier molecular flexibility index (Phi) is 7.64. The molecule has 0 unspecified atom stereocenters. The number of rotatable bonds is 9. The van der Waals surface area contributed by atoms with Crippen LogP contribution in [0.5, 0.6) is 5.75 Å². The fraction of sp³-hybridized carbons (Fsp3) is 0.192. The van der Waals surface area contributed by atoms with E-state index in [1.807, 2.05) is 0 Å². The van der Waals surface area contributed by atoms with Crippen molar-refractivity contribution in [3.63, 3.8) is 0 Å². The summed E-state index contributed by atoms with van der Waals surface area (Å²) in [6, 6.07) is 10.4. The Labute approximate surface area is 218 Å². The molecule has 0 aliphatic carbocycles. The van der Waals surface area contributed by atoms with E-state index in [-0.39, 0.29) is 35.9 Å². The Bertz CT molecular complexity index is 1650. The Morgan fingerprint density at radius 2 is 1.74 bits per heavy atom. The Balaban J connectivity index is 1.89. The molecule has 206 valence electrons. The molecule has 0 saturated carbocycles. The number of fused-ring (bicyclic) bond motifs is 1. The van der Waals surface area contributed by atoms with E-state index >= 15 is 0 Å². The summed E-state index contributed by atoms with van der Waals surface area (Å²) in [4.78, 5) is 10.3. The van der Waals surface area contributed by atoms with Gasteiger partial charge in [0.25, 0.3) is 10.0 Å². The van der Waals surface area contributed by atoms with Crippen molar-refractivity contribution in [2.75, 3.05) is 0 Å². The summed E-state index contributed by atoms with van der Waals surface area (Å²) in [5, 5.41) is 9.32. The first-order chi connectivity index (χ1) is 18.3. The second kappa shape index (κ2) is 10.6. The van der Waals surface area contributed by atoms with Crippen LogP contribution in [0, 0.1) is 5.82 Å². The molecule has 0 aliphatic rings. The zero-order chi connectivity index (χ0) is 28.5. The Hall–Kier alpha value is -4.00. The van der Waals surface area contributed by atoms with Gasteiger partial charge in [0.15, 0.2) is 0 Å². The van der Waals surface area contributed by atoms with Crippen molar-refractivity contribution in [1.29, 1.82) is 0 Å². The number of aliphatic carboxylic acids is 1. The van der Waals surface area contributed by atoms with E-state index in [4.69, 9.17) is 5.11 Å². The van der Waals surface area contributed by atoms with Crippen molar-refractivity contribution in [2.24, 2.45) is 0 Å². The summed E-state index contributed by atoms with van der Waals surface area (Å²) in [7, 11) is -4.60. The minimum atomic E-state index is -4.80. The highest BCUT2D eigenvalue weighted by atomic mass is 32.2. The highest BCUT2D eigenvalue weighted by Gasteiger charge is 2.32. The molecule has 0 bridgehead atoms. The number of aryl methyl sites for hydroxylation is 1. The van der Waals surface area contributed by atoms with Crippen molar-refractivity contribution in [1.82, 2.24) is 3.97 Å². The molecule has 3 aromatic carbocycles. The van der Waals surface area contributed by atoms with E-state index in [9.17, 15) is 39.6 Å². The highest BCUT2D eigenvalue weighted by molar-refractivity contribution is 7.90. The lowest BCUT2D eigenvalue weighted by molar-refractivity contribution is -0.138. The topological polar surface area (TPSA) is 85.6 Å². The van der Waals surface area contributed by atoms with E-state index in [1.165, 1.54) is 24.4 Å². The van der Waals surface area contributed by atoms with Gasteiger partial charge < -0.3 is 9.84 Å². The lowest BCUT2D eigenvalue weighted by Crippen LogP contribution is -2.14. The average molecular weight is 571 g/mol. The summed E-state index contributed by atoms with van der Waals surface area (Å²) in [6.45, 7) is -3.22. The summed E-state index contributed by atoms with van der Waals surface area (Å²) in [5.74, 6) is -2.43. The van der Waals surface area contributed by atoms with E-state index in [1.54, 1.807) is 0 Å². The average Bonchev–Trinajstić information content (AvgIpc) is 3.21. The summed E-state index contributed by atoms with van der Waals surface area (Å²) < 4.78 is 111. The van der Waals surface area contributed by atoms with Gasteiger partial charge in [-0.2, -0.15) is 22.0 Å². The molecule has 6 nitrogen and oxygen atoms in total. The van der Waals surface area contributed by atoms with Gasteiger partial charge in [-0.05, 0) is 65.9 Å². The zero-order valence-corrected chi connectivity index (χ0v) is 20.6. The number of nitrogens with zero attached hydrogens (tertiary/aromatic N) is 1. The second-order valence-corrected chi connectivity index (χ2v) is 10.3.